The van der Waals surface area contributed by atoms with Gasteiger partial charge >= 0.3 is 5.97 Å². The molecule has 0 rings (SSSR count). The lowest BCUT2D eigenvalue weighted by Crippen LogP contribution is -1.92. The number of halogens is 2. The summed E-state index contributed by atoms with van der Waals surface area (Å²) in [5.74, 6) is -1.04. The van der Waals surface area contributed by atoms with Gasteiger partial charge in [0.2, 0.25) is 0 Å². The number of aliphatic carboxylic acids is 1. The van der Waals surface area contributed by atoms with Gasteiger partial charge in [0, 0.05) is 0 Å². The van der Waals surface area contributed by atoms with Crippen molar-refractivity contribution >= 4 is 29.2 Å². The Hall–Kier alpha value is -0.470. The summed E-state index contributed by atoms with van der Waals surface area (Å²) in [6.45, 7) is 5.17. The van der Waals surface area contributed by atoms with Gasteiger partial charge in [-0.25, -0.2) is 4.79 Å². The molecule has 0 saturated carbocycles. The zero-order valence-electron chi connectivity index (χ0n) is 7.59. The van der Waals surface area contributed by atoms with Gasteiger partial charge in [-0.2, -0.15) is 0 Å². The number of rotatable bonds is 4. The van der Waals surface area contributed by atoms with E-state index in [1.165, 1.54) is 11.6 Å². The van der Waals surface area contributed by atoms with Gasteiger partial charge in [-0.3, -0.25) is 0 Å². The number of hydrogen-bond donors (Lipinski definition) is 1. The molecular formula is C9H14Cl2O2. The minimum atomic E-state index is -1.04. The largest absolute Gasteiger partial charge is 0.477 e. The van der Waals surface area contributed by atoms with E-state index in [4.69, 9.17) is 28.3 Å². The minimum Gasteiger partial charge on any atom is -0.477 e. The SMILES string of the molecule is C=CCl.CCCCC=C(Cl)C(=O)O. The molecule has 0 atom stereocenters. The first-order chi connectivity index (χ1) is 6.09. The fraction of sp³-hybridized carbons (Fsp3) is 0.444. The highest BCUT2D eigenvalue weighted by Gasteiger charge is 1.99. The highest BCUT2D eigenvalue weighted by atomic mass is 35.5. The first-order valence-electron chi connectivity index (χ1n) is 3.90. The number of unbranched alkanes of at least 4 members (excludes halogenated alkanes) is 2. The second kappa shape index (κ2) is 11.5. The molecule has 0 aromatic rings. The van der Waals surface area contributed by atoms with Gasteiger partial charge in [0.05, 0.1) is 0 Å². The molecule has 0 saturated heterocycles. The van der Waals surface area contributed by atoms with Crippen molar-refractivity contribution in [1.29, 1.82) is 0 Å². The molecule has 0 aliphatic carbocycles. The third-order valence-corrected chi connectivity index (χ3v) is 1.40. The molecular weight excluding hydrogens is 211 g/mol. The molecule has 0 aromatic carbocycles. The standard InChI is InChI=1S/C7H11ClO2.C2H3Cl/c1-2-3-4-5-6(8)7(9)10;1-2-3/h5H,2-4H2,1H3,(H,9,10);2H,1H2. The summed E-state index contributed by atoms with van der Waals surface area (Å²) in [7, 11) is 0. The van der Waals surface area contributed by atoms with E-state index in [-0.39, 0.29) is 5.03 Å². The fourth-order valence-electron chi connectivity index (χ4n) is 0.520. The predicted octanol–water partition coefficient (Wildman–Crippen LogP) is 3.75. The minimum absolute atomic E-state index is 0.0755. The Morgan fingerprint density at radius 3 is 2.38 bits per heavy atom. The molecule has 4 heteroatoms. The average Bonchev–Trinajstić information content (AvgIpc) is 2.06. The van der Waals surface area contributed by atoms with E-state index in [1.807, 2.05) is 6.92 Å². The van der Waals surface area contributed by atoms with Crippen molar-refractivity contribution in [2.24, 2.45) is 0 Å². The van der Waals surface area contributed by atoms with E-state index < -0.39 is 5.97 Å². The summed E-state index contributed by atoms with van der Waals surface area (Å²) in [6, 6.07) is 0. The number of allylic oxidation sites excluding steroid dienone is 1. The third kappa shape index (κ3) is 14.4. The molecule has 0 unspecified atom stereocenters. The Morgan fingerprint density at radius 2 is 2.08 bits per heavy atom. The van der Waals surface area contributed by atoms with Crippen LogP contribution in [0.1, 0.15) is 26.2 Å². The van der Waals surface area contributed by atoms with Crippen molar-refractivity contribution in [2.75, 3.05) is 0 Å². The molecule has 0 spiro atoms. The second-order valence-electron chi connectivity index (χ2n) is 2.15. The van der Waals surface area contributed by atoms with Crippen LogP contribution >= 0.6 is 23.2 Å². The van der Waals surface area contributed by atoms with Crippen LogP contribution in [0.3, 0.4) is 0 Å². The lowest BCUT2D eigenvalue weighted by molar-refractivity contribution is -0.131. The Bertz CT molecular complexity index is 176. The number of carboxylic acid groups (broad SMARTS) is 1. The lowest BCUT2D eigenvalue weighted by atomic mass is 10.2. The van der Waals surface area contributed by atoms with Gasteiger partial charge in [-0.05, 0) is 12.0 Å². The number of carbonyl (C=O) groups is 1. The Morgan fingerprint density at radius 1 is 1.62 bits per heavy atom. The normalized spacial score (nSPS) is 9.92. The molecule has 0 heterocycles. The molecule has 76 valence electrons. The molecule has 13 heavy (non-hydrogen) atoms. The van der Waals surface area contributed by atoms with Crippen LogP contribution in [0, 0.1) is 0 Å². The second-order valence-corrected chi connectivity index (χ2v) is 2.87. The number of hydrogen-bond acceptors (Lipinski definition) is 1. The molecule has 0 aliphatic rings. The van der Waals surface area contributed by atoms with E-state index in [9.17, 15) is 4.79 Å². The fourth-order valence-corrected chi connectivity index (χ4v) is 0.629. The van der Waals surface area contributed by atoms with Crippen LogP contribution in [0.5, 0.6) is 0 Å². The topological polar surface area (TPSA) is 37.3 Å². The van der Waals surface area contributed by atoms with Crippen molar-refractivity contribution in [1.82, 2.24) is 0 Å². The van der Waals surface area contributed by atoms with E-state index in [1.54, 1.807) is 0 Å². The summed E-state index contributed by atoms with van der Waals surface area (Å²) in [5.41, 5.74) is 1.22. The predicted molar refractivity (Wildman–Crippen MR) is 57.1 cm³/mol. The molecule has 0 radical (unpaired) electrons. The van der Waals surface area contributed by atoms with Crippen molar-refractivity contribution in [3.63, 3.8) is 0 Å². The van der Waals surface area contributed by atoms with Crippen LogP contribution < -0.4 is 0 Å². The van der Waals surface area contributed by atoms with Crippen molar-refractivity contribution in [2.45, 2.75) is 26.2 Å². The van der Waals surface area contributed by atoms with Gasteiger partial charge in [0.15, 0.2) is 0 Å². The highest BCUT2D eigenvalue weighted by molar-refractivity contribution is 6.40. The lowest BCUT2D eigenvalue weighted by Gasteiger charge is -1.89. The maximum absolute atomic E-state index is 10.1. The Balaban J connectivity index is 0. The highest BCUT2D eigenvalue weighted by Crippen LogP contribution is 2.05. The van der Waals surface area contributed by atoms with Gasteiger partial charge in [-0.1, -0.05) is 55.6 Å². The summed E-state index contributed by atoms with van der Waals surface area (Å²) in [6.07, 6.45) is 4.33. The summed E-state index contributed by atoms with van der Waals surface area (Å²) in [4.78, 5) is 10.1. The third-order valence-electron chi connectivity index (χ3n) is 1.09. The van der Waals surface area contributed by atoms with Gasteiger partial charge in [0.25, 0.3) is 0 Å². The van der Waals surface area contributed by atoms with Crippen LogP contribution in [-0.4, -0.2) is 11.1 Å². The molecule has 2 nitrogen and oxygen atoms in total. The summed E-state index contributed by atoms with van der Waals surface area (Å²) in [5, 5.41) is 8.21. The molecule has 0 aliphatic heterocycles. The summed E-state index contributed by atoms with van der Waals surface area (Å²) >= 11 is 10.1. The first kappa shape index (κ1) is 15.0. The van der Waals surface area contributed by atoms with Gasteiger partial charge in [0.1, 0.15) is 5.03 Å². The maximum Gasteiger partial charge on any atom is 0.346 e. The van der Waals surface area contributed by atoms with Crippen LogP contribution in [0.25, 0.3) is 0 Å². The molecule has 0 fully saturated rings. The molecule has 0 amide bonds. The van der Waals surface area contributed by atoms with Crippen LogP contribution in [0.2, 0.25) is 0 Å². The summed E-state index contributed by atoms with van der Waals surface area (Å²) < 4.78 is 0. The van der Waals surface area contributed by atoms with Crippen LogP contribution in [-0.2, 0) is 4.79 Å². The van der Waals surface area contributed by atoms with E-state index in [0.29, 0.717) is 0 Å². The first-order valence-corrected chi connectivity index (χ1v) is 4.71. The Labute approximate surface area is 88.8 Å². The van der Waals surface area contributed by atoms with Crippen molar-refractivity contribution < 1.29 is 9.90 Å². The molecule has 0 bridgehead atoms. The zero-order valence-corrected chi connectivity index (χ0v) is 9.11. The van der Waals surface area contributed by atoms with Crippen LogP contribution in [0.15, 0.2) is 23.2 Å². The maximum atomic E-state index is 10.1. The quantitative estimate of drug-likeness (QED) is 0.584. The van der Waals surface area contributed by atoms with Crippen LogP contribution in [0.4, 0.5) is 0 Å². The zero-order chi connectivity index (χ0) is 10.7. The monoisotopic (exact) mass is 224 g/mol. The van der Waals surface area contributed by atoms with Gasteiger partial charge in [-0.15, -0.1) is 0 Å². The van der Waals surface area contributed by atoms with Crippen molar-refractivity contribution in [3.8, 4) is 0 Å². The number of carboxylic acids is 1. The Kier molecular flexibility index (Phi) is 13.3. The smallest absolute Gasteiger partial charge is 0.346 e. The average molecular weight is 225 g/mol. The van der Waals surface area contributed by atoms with Gasteiger partial charge < -0.3 is 5.11 Å². The van der Waals surface area contributed by atoms with E-state index in [2.05, 4.69) is 6.58 Å². The van der Waals surface area contributed by atoms with E-state index in [0.717, 1.165) is 19.3 Å². The van der Waals surface area contributed by atoms with Crippen molar-refractivity contribution in [3.05, 3.63) is 23.2 Å². The van der Waals surface area contributed by atoms with E-state index >= 15 is 0 Å². The molecule has 1 N–H and O–H groups in total. The molecule has 0 aromatic heterocycles.